The quantitative estimate of drug-likeness (QED) is 0.844. The molecule has 1 fully saturated rings. The number of aliphatic hydroxyl groups is 1. The molecule has 0 spiro atoms. The lowest BCUT2D eigenvalue weighted by atomic mass is 9.95. The fraction of sp³-hybridized carbons (Fsp3) is 0.600. The van der Waals surface area contributed by atoms with Crippen LogP contribution >= 0.6 is 0 Å². The summed E-state index contributed by atoms with van der Waals surface area (Å²) < 4.78 is 17.1. The topological polar surface area (TPSA) is 47.9 Å². The summed E-state index contributed by atoms with van der Waals surface area (Å²) in [6, 6.07) is 6.00. The summed E-state index contributed by atoms with van der Waals surface area (Å²) in [4.78, 5) is 0. The van der Waals surface area contributed by atoms with Crippen LogP contribution < -0.4 is 4.74 Å². The van der Waals surface area contributed by atoms with Gasteiger partial charge in [-0.05, 0) is 38.8 Å². The van der Waals surface area contributed by atoms with E-state index in [0.29, 0.717) is 13.0 Å². The minimum absolute atomic E-state index is 0.352. The zero-order chi connectivity index (χ0) is 13.7. The number of aryl methyl sites for hydroxylation is 2. The maximum Gasteiger partial charge on any atom is 0.237 e. The van der Waals surface area contributed by atoms with Gasteiger partial charge < -0.3 is 19.3 Å². The first-order valence-corrected chi connectivity index (χ1v) is 6.71. The fourth-order valence-electron chi connectivity index (χ4n) is 2.69. The van der Waals surface area contributed by atoms with E-state index in [9.17, 15) is 5.11 Å². The smallest absolute Gasteiger partial charge is 0.237 e. The second-order valence-electron chi connectivity index (χ2n) is 5.88. The summed E-state index contributed by atoms with van der Waals surface area (Å²) in [7, 11) is 0. The zero-order valence-corrected chi connectivity index (χ0v) is 11.6. The first-order valence-electron chi connectivity index (χ1n) is 6.71. The Morgan fingerprint density at radius 3 is 2.79 bits per heavy atom. The Morgan fingerprint density at radius 2 is 2.11 bits per heavy atom. The van der Waals surface area contributed by atoms with Gasteiger partial charge in [0.2, 0.25) is 5.79 Å². The SMILES string of the molecule is Cc1ccc2c(c1)CCC(O)([C@@H]1COC(C)(C)O1)O2. The molecule has 1 N–H and O–H groups in total. The molecule has 1 saturated heterocycles. The highest BCUT2D eigenvalue weighted by atomic mass is 16.8. The molecule has 2 atom stereocenters. The lowest BCUT2D eigenvalue weighted by molar-refractivity contribution is -0.239. The van der Waals surface area contributed by atoms with Crippen LogP contribution in [0.5, 0.6) is 5.75 Å². The molecule has 0 aliphatic carbocycles. The summed E-state index contributed by atoms with van der Waals surface area (Å²) in [5, 5.41) is 10.7. The largest absolute Gasteiger partial charge is 0.459 e. The second-order valence-corrected chi connectivity index (χ2v) is 5.88. The first kappa shape index (κ1) is 12.9. The van der Waals surface area contributed by atoms with E-state index in [2.05, 4.69) is 13.0 Å². The minimum atomic E-state index is -1.30. The van der Waals surface area contributed by atoms with Crippen molar-refractivity contribution >= 4 is 0 Å². The molecule has 104 valence electrons. The molecule has 1 aromatic carbocycles. The standard InChI is InChI=1S/C15H20O4/c1-10-4-5-12-11(8-10)6-7-15(16,18-12)13-9-17-14(2,3)19-13/h4-5,8,13,16H,6-7,9H2,1-3H3/t13-,15?/m0/s1. The molecule has 1 aromatic rings. The number of fused-ring (bicyclic) bond motifs is 1. The molecule has 4 nitrogen and oxygen atoms in total. The van der Waals surface area contributed by atoms with Crippen LogP contribution in [0.1, 0.15) is 31.4 Å². The third-order valence-electron chi connectivity index (χ3n) is 3.77. The van der Waals surface area contributed by atoms with Gasteiger partial charge >= 0.3 is 0 Å². The number of hydrogen-bond acceptors (Lipinski definition) is 4. The van der Waals surface area contributed by atoms with Gasteiger partial charge in [-0.15, -0.1) is 0 Å². The van der Waals surface area contributed by atoms with Crippen molar-refractivity contribution in [3.8, 4) is 5.75 Å². The van der Waals surface area contributed by atoms with Crippen molar-refractivity contribution in [2.75, 3.05) is 6.61 Å². The fourth-order valence-corrected chi connectivity index (χ4v) is 2.69. The van der Waals surface area contributed by atoms with E-state index in [1.807, 2.05) is 26.0 Å². The molecular formula is C15H20O4. The van der Waals surface area contributed by atoms with E-state index in [1.165, 1.54) is 5.56 Å². The van der Waals surface area contributed by atoms with E-state index in [-0.39, 0.29) is 0 Å². The maximum absolute atomic E-state index is 10.7. The third-order valence-corrected chi connectivity index (χ3v) is 3.77. The van der Waals surface area contributed by atoms with E-state index in [1.54, 1.807) is 0 Å². The Labute approximate surface area is 113 Å². The Hall–Kier alpha value is -1.10. The van der Waals surface area contributed by atoms with E-state index in [0.717, 1.165) is 17.7 Å². The first-order chi connectivity index (χ1) is 8.88. The van der Waals surface area contributed by atoms with Crippen LogP contribution in [-0.2, 0) is 15.9 Å². The molecule has 2 aliphatic heterocycles. The maximum atomic E-state index is 10.7. The Balaban J connectivity index is 1.82. The number of benzene rings is 1. The van der Waals surface area contributed by atoms with Gasteiger partial charge in [0.15, 0.2) is 5.79 Å². The van der Waals surface area contributed by atoms with Crippen molar-refractivity contribution in [1.29, 1.82) is 0 Å². The highest BCUT2D eigenvalue weighted by Crippen LogP contribution is 2.38. The number of hydrogen-bond donors (Lipinski definition) is 1. The molecular weight excluding hydrogens is 244 g/mol. The molecule has 0 aromatic heterocycles. The van der Waals surface area contributed by atoms with Gasteiger partial charge in [0, 0.05) is 6.42 Å². The summed E-state index contributed by atoms with van der Waals surface area (Å²) >= 11 is 0. The van der Waals surface area contributed by atoms with Crippen LogP contribution in [0.3, 0.4) is 0 Å². The normalized spacial score (nSPS) is 32.7. The molecule has 1 unspecified atom stereocenters. The van der Waals surface area contributed by atoms with Crippen LogP contribution in [0.15, 0.2) is 18.2 Å². The molecule has 0 saturated carbocycles. The van der Waals surface area contributed by atoms with Crippen LogP contribution in [0.25, 0.3) is 0 Å². The van der Waals surface area contributed by atoms with Crippen molar-refractivity contribution < 1.29 is 19.3 Å². The van der Waals surface area contributed by atoms with Gasteiger partial charge in [-0.2, -0.15) is 0 Å². The molecule has 3 rings (SSSR count). The zero-order valence-electron chi connectivity index (χ0n) is 11.6. The molecule has 19 heavy (non-hydrogen) atoms. The summed E-state index contributed by atoms with van der Waals surface area (Å²) in [6.07, 6.45) is 0.860. The monoisotopic (exact) mass is 264 g/mol. The van der Waals surface area contributed by atoms with Gasteiger partial charge in [-0.25, -0.2) is 0 Å². The average Bonchev–Trinajstić information content (AvgIpc) is 2.71. The number of rotatable bonds is 1. The van der Waals surface area contributed by atoms with E-state index >= 15 is 0 Å². The second kappa shape index (κ2) is 4.20. The van der Waals surface area contributed by atoms with Crippen LogP contribution in [0, 0.1) is 6.92 Å². The van der Waals surface area contributed by atoms with Crippen molar-refractivity contribution in [2.24, 2.45) is 0 Å². The molecule has 4 heteroatoms. The van der Waals surface area contributed by atoms with E-state index < -0.39 is 17.7 Å². The van der Waals surface area contributed by atoms with Crippen LogP contribution in [0.4, 0.5) is 0 Å². The van der Waals surface area contributed by atoms with Gasteiger partial charge in [0.05, 0.1) is 6.61 Å². The van der Waals surface area contributed by atoms with Crippen LogP contribution in [0.2, 0.25) is 0 Å². The summed E-state index contributed by atoms with van der Waals surface area (Å²) in [5.41, 5.74) is 2.34. The number of ether oxygens (including phenoxy) is 3. The Kier molecular flexibility index (Phi) is 2.85. The van der Waals surface area contributed by atoms with E-state index in [4.69, 9.17) is 14.2 Å². The van der Waals surface area contributed by atoms with Gasteiger partial charge in [-0.3, -0.25) is 0 Å². The lowest BCUT2D eigenvalue weighted by Gasteiger charge is -2.37. The molecule has 2 aliphatic rings. The Morgan fingerprint density at radius 1 is 1.32 bits per heavy atom. The minimum Gasteiger partial charge on any atom is -0.459 e. The third kappa shape index (κ3) is 2.36. The summed E-state index contributed by atoms with van der Waals surface area (Å²) in [6.45, 7) is 6.09. The summed E-state index contributed by atoms with van der Waals surface area (Å²) in [5.74, 6) is -1.21. The highest BCUT2D eigenvalue weighted by Gasteiger charge is 2.49. The van der Waals surface area contributed by atoms with Crippen molar-refractivity contribution in [2.45, 2.75) is 51.3 Å². The van der Waals surface area contributed by atoms with Crippen molar-refractivity contribution in [3.63, 3.8) is 0 Å². The van der Waals surface area contributed by atoms with Gasteiger partial charge in [-0.1, -0.05) is 17.7 Å². The molecule has 0 radical (unpaired) electrons. The van der Waals surface area contributed by atoms with Gasteiger partial charge in [0.25, 0.3) is 0 Å². The lowest BCUT2D eigenvalue weighted by Crippen LogP contribution is -2.51. The molecule has 2 heterocycles. The molecule has 0 bridgehead atoms. The average molecular weight is 264 g/mol. The van der Waals surface area contributed by atoms with Crippen molar-refractivity contribution in [1.82, 2.24) is 0 Å². The molecule has 0 amide bonds. The van der Waals surface area contributed by atoms with Crippen LogP contribution in [-0.4, -0.2) is 29.4 Å². The Bertz CT molecular complexity index is 497. The predicted octanol–water partition coefficient (Wildman–Crippen LogP) is 2.16. The van der Waals surface area contributed by atoms with Gasteiger partial charge in [0.1, 0.15) is 11.9 Å². The highest BCUT2D eigenvalue weighted by molar-refractivity contribution is 5.39. The van der Waals surface area contributed by atoms with Crippen molar-refractivity contribution in [3.05, 3.63) is 29.3 Å². The predicted molar refractivity (Wildman–Crippen MR) is 70.0 cm³/mol.